The third kappa shape index (κ3) is 45.6. The average molecular weight is 844 g/mol. The Balaban J connectivity index is 3.54. The van der Waals surface area contributed by atoms with Crippen LogP contribution >= 0.6 is 0 Å². The van der Waals surface area contributed by atoms with Crippen molar-refractivity contribution in [2.45, 2.75) is 283 Å². The van der Waals surface area contributed by atoms with Crippen molar-refractivity contribution in [2.75, 3.05) is 13.2 Å². The van der Waals surface area contributed by atoms with Crippen LogP contribution in [0.3, 0.4) is 0 Å². The number of allylic oxidation sites excluding steroid dienone is 5. The minimum atomic E-state index is -0.866. The molecule has 0 fully saturated rings. The lowest BCUT2D eigenvalue weighted by Crippen LogP contribution is -2.45. The van der Waals surface area contributed by atoms with Crippen molar-refractivity contribution in [1.29, 1.82) is 0 Å². The molecule has 0 spiro atoms. The molecule has 60 heavy (non-hydrogen) atoms. The van der Waals surface area contributed by atoms with E-state index in [1.807, 2.05) is 6.08 Å². The highest BCUT2D eigenvalue weighted by molar-refractivity contribution is 5.76. The molecule has 0 saturated heterocycles. The van der Waals surface area contributed by atoms with Gasteiger partial charge >= 0.3 is 5.97 Å². The van der Waals surface area contributed by atoms with E-state index in [4.69, 9.17) is 4.74 Å². The Morgan fingerprint density at radius 1 is 0.450 bits per heavy atom. The molecule has 0 aliphatic rings. The highest BCUT2D eigenvalue weighted by atomic mass is 16.5. The number of carbonyl (C=O) groups excluding carboxylic acids is 2. The van der Waals surface area contributed by atoms with E-state index in [1.165, 1.54) is 167 Å². The van der Waals surface area contributed by atoms with Gasteiger partial charge in [0.25, 0.3) is 0 Å². The van der Waals surface area contributed by atoms with Gasteiger partial charge < -0.3 is 20.3 Å². The number of rotatable bonds is 48. The summed E-state index contributed by atoms with van der Waals surface area (Å²) in [5.74, 6) is -0.144. The summed E-state index contributed by atoms with van der Waals surface area (Å²) >= 11 is 0. The molecule has 0 heterocycles. The lowest BCUT2D eigenvalue weighted by molar-refractivity contribution is -0.143. The zero-order chi connectivity index (χ0) is 43.7. The smallest absolute Gasteiger partial charge is 0.305 e. The van der Waals surface area contributed by atoms with E-state index in [0.29, 0.717) is 19.4 Å². The average Bonchev–Trinajstić information content (AvgIpc) is 3.25. The Bertz CT molecular complexity index is 977. The van der Waals surface area contributed by atoms with Crippen LogP contribution in [0.2, 0.25) is 0 Å². The van der Waals surface area contributed by atoms with Gasteiger partial charge in [0.2, 0.25) is 5.91 Å². The summed E-state index contributed by atoms with van der Waals surface area (Å²) in [7, 11) is 0. The van der Waals surface area contributed by atoms with Crippen LogP contribution in [0.25, 0.3) is 0 Å². The van der Waals surface area contributed by atoms with Gasteiger partial charge in [-0.25, -0.2) is 0 Å². The van der Waals surface area contributed by atoms with Gasteiger partial charge in [-0.1, -0.05) is 211 Å². The van der Waals surface area contributed by atoms with Crippen molar-refractivity contribution in [3.8, 4) is 0 Å². The summed E-state index contributed by atoms with van der Waals surface area (Å²) in [4.78, 5) is 24.5. The van der Waals surface area contributed by atoms with Crippen LogP contribution in [-0.2, 0) is 14.3 Å². The number of hydrogen-bond acceptors (Lipinski definition) is 5. The van der Waals surface area contributed by atoms with E-state index in [9.17, 15) is 19.8 Å². The SMILES string of the molecule is CCCCCCCC/C=C\CCCCCCCCCCCC(=O)OCCCC/C=C\CCCCCCC(=O)NC(CO)C(O)/C=C/CCCCCCCCCCCCCC. The van der Waals surface area contributed by atoms with Crippen LogP contribution in [0.4, 0.5) is 0 Å². The molecular weight excluding hydrogens is 743 g/mol. The number of aliphatic hydroxyl groups excluding tert-OH is 2. The molecule has 352 valence electrons. The normalized spacial score (nSPS) is 12.9. The standard InChI is InChI=1S/C54H101NO5/c1-3-5-7-9-11-13-15-17-19-20-21-22-23-25-27-32-36-40-44-48-54(59)60-49-45-41-37-33-29-28-31-35-39-43-47-53(58)55-51(50-56)52(57)46-42-38-34-30-26-24-18-16-14-12-10-8-6-4-2/h17,19,29,33,42,46,51-52,56-57H,3-16,18,20-28,30-32,34-41,43-45,47-50H2,1-2H3,(H,55,58)/b19-17-,33-29-,46-42+. The summed E-state index contributed by atoms with van der Waals surface area (Å²) in [6, 6.07) is -0.653. The predicted octanol–water partition coefficient (Wildman–Crippen LogP) is 15.7. The number of unbranched alkanes of at least 4 members (excludes halogenated alkanes) is 33. The monoisotopic (exact) mass is 844 g/mol. The van der Waals surface area contributed by atoms with Crippen molar-refractivity contribution in [1.82, 2.24) is 5.32 Å². The first-order valence-corrected chi connectivity index (χ1v) is 26.3. The topological polar surface area (TPSA) is 95.9 Å². The molecule has 0 bridgehead atoms. The van der Waals surface area contributed by atoms with E-state index in [0.717, 1.165) is 77.0 Å². The summed E-state index contributed by atoms with van der Waals surface area (Å²) in [5.41, 5.74) is 0. The minimum absolute atomic E-state index is 0.0394. The maximum atomic E-state index is 12.4. The van der Waals surface area contributed by atoms with Crippen LogP contribution in [0.15, 0.2) is 36.5 Å². The van der Waals surface area contributed by atoms with E-state index in [2.05, 4.69) is 43.5 Å². The van der Waals surface area contributed by atoms with E-state index in [1.54, 1.807) is 6.08 Å². The van der Waals surface area contributed by atoms with Crippen molar-refractivity contribution >= 4 is 11.9 Å². The largest absolute Gasteiger partial charge is 0.466 e. The van der Waals surface area contributed by atoms with E-state index < -0.39 is 12.1 Å². The van der Waals surface area contributed by atoms with Gasteiger partial charge in [0.15, 0.2) is 0 Å². The zero-order valence-corrected chi connectivity index (χ0v) is 39.9. The number of esters is 1. The molecule has 6 nitrogen and oxygen atoms in total. The van der Waals surface area contributed by atoms with Crippen LogP contribution in [0, 0.1) is 0 Å². The van der Waals surface area contributed by atoms with E-state index >= 15 is 0 Å². The van der Waals surface area contributed by atoms with Gasteiger partial charge in [-0.2, -0.15) is 0 Å². The molecule has 0 aliphatic carbocycles. The number of hydrogen-bond donors (Lipinski definition) is 3. The Kier molecular flexibility index (Phi) is 48.1. The minimum Gasteiger partial charge on any atom is -0.466 e. The molecule has 6 heteroatoms. The van der Waals surface area contributed by atoms with Crippen LogP contribution in [-0.4, -0.2) is 47.4 Å². The fourth-order valence-corrected chi connectivity index (χ4v) is 7.80. The van der Waals surface area contributed by atoms with Gasteiger partial charge in [-0.3, -0.25) is 9.59 Å². The number of amides is 1. The molecule has 3 N–H and O–H groups in total. The van der Waals surface area contributed by atoms with Crippen molar-refractivity contribution in [3.63, 3.8) is 0 Å². The second kappa shape index (κ2) is 49.7. The summed E-state index contributed by atoms with van der Waals surface area (Å²) in [6.45, 7) is 4.80. The Labute approximate surface area is 373 Å². The number of nitrogens with one attached hydrogen (secondary N) is 1. The lowest BCUT2D eigenvalue weighted by atomic mass is 10.0. The van der Waals surface area contributed by atoms with Crippen LogP contribution in [0.5, 0.6) is 0 Å². The molecule has 0 aliphatic heterocycles. The van der Waals surface area contributed by atoms with Gasteiger partial charge in [0.05, 0.1) is 25.4 Å². The fraction of sp³-hybridized carbons (Fsp3) is 0.852. The second-order valence-corrected chi connectivity index (χ2v) is 17.8. The third-order valence-corrected chi connectivity index (χ3v) is 11.9. The van der Waals surface area contributed by atoms with Gasteiger partial charge in [0.1, 0.15) is 0 Å². The molecule has 0 saturated carbocycles. The summed E-state index contributed by atoms with van der Waals surface area (Å²) in [6.07, 6.45) is 60.1. The lowest BCUT2D eigenvalue weighted by Gasteiger charge is -2.20. The van der Waals surface area contributed by atoms with Crippen molar-refractivity contribution in [2.24, 2.45) is 0 Å². The first-order chi connectivity index (χ1) is 29.5. The quantitative estimate of drug-likeness (QED) is 0.0322. The molecule has 0 aromatic heterocycles. The maximum absolute atomic E-state index is 12.4. The third-order valence-electron chi connectivity index (χ3n) is 11.9. The van der Waals surface area contributed by atoms with Gasteiger partial charge in [-0.15, -0.1) is 0 Å². The number of ether oxygens (including phenoxy) is 1. The molecule has 0 aromatic rings. The summed E-state index contributed by atoms with van der Waals surface area (Å²) in [5, 5.41) is 23.0. The van der Waals surface area contributed by atoms with Crippen molar-refractivity contribution in [3.05, 3.63) is 36.5 Å². The van der Waals surface area contributed by atoms with Crippen LogP contribution in [0.1, 0.15) is 271 Å². The fourth-order valence-electron chi connectivity index (χ4n) is 7.80. The highest BCUT2D eigenvalue weighted by Gasteiger charge is 2.18. The van der Waals surface area contributed by atoms with Gasteiger partial charge in [-0.05, 0) is 83.5 Å². The summed E-state index contributed by atoms with van der Waals surface area (Å²) < 4.78 is 5.44. The molecule has 0 rings (SSSR count). The van der Waals surface area contributed by atoms with Crippen molar-refractivity contribution < 1.29 is 24.5 Å². The molecule has 0 aromatic carbocycles. The first kappa shape index (κ1) is 58.1. The van der Waals surface area contributed by atoms with Crippen LogP contribution < -0.4 is 5.32 Å². The molecule has 2 unspecified atom stereocenters. The Morgan fingerprint density at radius 2 is 0.783 bits per heavy atom. The molecule has 1 amide bonds. The molecule has 2 atom stereocenters. The number of carbonyl (C=O) groups is 2. The Morgan fingerprint density at radius 3 is 1.18 bits per heavy atom. The first-order valence-electron chi connectivity index (χ1n) is 26.3. The Hall–Kier alpha value is -1.92. The molecular formula is C54H101NO5. The maximum Gasteiger partial charge on any atom is 0.305 e. The van der Waals surface area contributed by atoms with E-state index in [-0.39, 0.29) is 18.5 Å². The zero-order valence-electron chi connectivity index (χ0n) is 39.9. The molecule has 0 radical (unpaired) electrons. The predicted molar refractivity (Wildman–Crippen MR) is 259 cm³/mol. The highest BCUT2D eigenvalue weighted by Crippen LogP contribution is 2.15. The number of aliphatic hydroxyl groups is 2. The van der Waals surface area contributed by atoms with Gasteiger partial charge in [0, 0.05) is 12.8 Å². The second-order valence-electron chi connectivity index (χ2n) is 17.8.